The van der Waals surface area contributed by atoms with E-state index in [1.54, 1.807) is 25.3 Å². The maximum Gasteiger partial charge on any atom is 0.345 e. The number of hydrogen-bond acceptors (Lipinski definition) is 3. The van der Waals surface area contributed by atoms with Crippen LogP contribution >= 0.6 is 0 Å². The van der Waals surface area contributed by atoms with Gasteiger partial charge in [0.2, 0.25) is 0 Å². The molecule has 0 aliphatic rings. The summed E-state index contributed by atoms with van der Waals surface area (Å²) in [6.45, 7) is 1.94. The number of methoxy groups -OCH3 is 1. The number of carbonyl (C=O) groups is 1. The lowest BCUT2D eigenvalue weighted by molar-refractivity contribution is -0.145. The van der Waals surface area contributed by atoms with E-state index < -0.39 is 12.1 Å². The van der Waals surface area contributed by atoms with Crippen LogP contribution in [0.4, 0.5) is 0 Å². The van der Waals surface area contributed by atoms with E-state index in [9.17, 15) is 9.90 Å². The van der Waals surface area contributed by atoms with Crippen molar-refractivity contribution in [1.82, 2.24) is 0 Å². The maximum absolute atomic E-state index is 11.4. The average Bonchev–Trinajstić information content (AvgIpc) is 2.47. The van der Waals surface area contributed by atoms with Crippen LogP contribution in [0.3, 0.4) is 0 Å². The van der Waals surface area contributed by atoms with Crippen LogP contribution < -0.4 is 9.47 Å². The second-order valence-corrected chi connectivity index (χ2v) is 4.81. The molecule has 0 spiro atoms. The fourth-order valence-corrected chi connectivity index (χ4v) is 2.01. The third-order valence-electron chi connectivity index (χ3n) is 3.12. The molecule has 0 saturated carbocycles. The summed E-state index contributed by atoms with van der Waals surface area (Å²) < 4.78 is 10.7. The van der Waals surface area contributed by atoms with Gasteiger partial charge in [0.15, 0.2) is 6.10 Å². The molecule has 0 amide bonds. The van der Waals surface area contributed by atoms with Crippen LogP contribution in [-0.4, -0.2) is 24.3 Å². The number of rotatable bonds is 6. The highest BCUT2D eigenvalue weighted by atomic mass is 16.5. The standard InChI is InChI=1S/C17H18O4/c1-12-4-3-5-15(10-12)21-16(17(18)19)11-13-6-8-14(20-2)9-7-13/h3-10,16H,11H2,1-2H3,(H,18,19). The molecular formula is C17H18O4. The van der Waals surface area contributed by atoms with Gasteiger partial charge < -0.3 is 14.6 Å². The lowest BCUT2D eigenvalue weighted by Gasteiger charge is -2.15. The van der Waals surface area contributed by atoms with Crippen molar-refractivity contribution in [3.8, 4) is 11.5 Å². The molecule has 0 bridgehead atoms. The SMILES string of the molecule is COc1ccc(CC(Oc2cccc(C)c2)C(=O)O)cc1. The summed E-state index contributed by atoms with van der Waals surface area (Å²) in [5.41, 5.74) is 1.91. The van der Waals surface area contributed by atoms with Crippen molar-refractivity contribution in [2.24, 2.45) is 0 Å². The Labute approximate surface area is 123 Å². The van der Waals surface area contributed by atoms with Crippen molar-refractivity contribution >= 4 is 5.97 Å². The van der Waals surface area contributed by atoms with E-state index in [0.29, 0.717) is 12.2 Å². The van der Waals surface area contributed by atoms with E-state index in [1.807, 2.05) is 37.3 Å². The van der Waals surface area contributed by atoms with E-state index in [0.717, 1.165) is 16.9 Å². The van der Waals surface area contributed by atoms with Crippen LogP contribution in [0.15, 0.2) is 48.5 Å². The molecule has 2 rings (SSSR count). The van der Waals surface area contributed by atoms with Gasteiger partial charge in [-0.1, -0.05) is 24.3 Å². The van der Waals surface area contributed by atoms with Crippen LogP contribution in [0.1, 0.15) is 11.1 Å². The molecule has 0 aliphatic heterocycles. The molecule has 1 atom stereocenters. The van der Waals surface area contributed by atoms with Gasteiger partial charge in [-0.3, -0.25) is 0 Å². The predicted molar refractivity (Wildman–Crippen MR) is 79.9 cm³/mol. The first-order chi connectivity index (χ1) is 10.1. The fraction of sp³-hybridized carbons (Fsp3) is 0.235. The molecule has 21 heavy (non-hydrogen) atoms. The van der Waals surface area contributed by atoms with Gasteiger partial charge in [0.05, 0.1) is 7.11 Å². The molecule has 110 valence electrons. The fourth-order valence-electron chi connectivity index (χ4n) is 2.01. The van der Waals surface area contributed by atoms with Gasteiger partial charge >= 0.3 is 5.97 Å². The van der Waals surface area contributed by atoms with Gasteiger partial charge in [-0.2, -0.15) is 0 Å². The molecule has 0 aliphatic carbocycles. The molecule has 0 radical (unpaired) electrons. The summed E-state index contributed by atoms with van der Waals surface area (Å²) in [4.78, 5) is 11.4. The van der Waals surface area contributed by atoms with Crippen molar-refractivity contribution < 1.29 is 19.4 Å². The first kappa shape index (κ1) is 14.9. The zero-order valence-electron chi connectivity index (χ0n) is 12.1. The van der Waals surface area contributed by atoms with E-state index in [1.165, 1.54) is 0 Å². The molecule has 0 saturated heterocycles. The third kappa shape index (κ3) is 4.24. The number of benzene rings is 2. The topological polar surface area (TPSA) is 55.8 Å². The van der Waals surface area contributed by atoms with E-state index in [2.05, 4.69) is 0 Å². The molecule has 4 heteroatoms. The summed E-state index contributed by atoms with van der Waals surface area (Å²) in [6.07, 6.45) is -0.618. The van der Waals surface area contributed by atoms with E-state index >= 15 is 0 Å². The van der Waals surface area contributed by atoms with Crippen molar-refractivity contribution in [2.75, 3.05) is 7.11 Å². The summed E-state index contributed by atoms with van der Waals surface area (Å²) in [5, 5.41) is 9.32. The van der Waals surface area contributed by atoms with E-state index in [4.69, 9.17) is 9.47 Å². The quantitative estimate of drug-likeness (QED) is 0.886. The van der Waals surface area contributed by atoms with Crippen LogP contribution in [0.25, 0.3) is 0 Å². The minimum atomic E-state index is -0.979. The second-order valence-electron chi connectivity index (χ2n) is 4.81. The molecule has 4 nitrogen and oxygen atoms in total. The van der Waals surface area contributed by atoms with E-state index in [-0.39, 0.29) is 0 Å². The van der Waals surface area contributed by atoms with Gasteiger partial charge in [0.25, 0.3) is 0 Å². The summed E-state index contributed by atoms with van der Waals surface area (Å²) in [5.74, 6) is 0.327. The molecule has 1 N–H and O–H groups in total. The van der Waals surface area contributed by atoms with Crippen LogP contribution in [0, 0.1) is 6.92 Å². The number of ether oxygens (including phenoxy) is 2. The van der Waals surface area contributed by atoms with Crippen molar-refractivity contribution in [3.05, 3.63) is 59.7 Å². The van der Waals surface area contributed by atoms with Gasteiger partial charge in [0.1, 0.15) is 11.5 Å². The number of carboxylic acids is 1. The lowest BCUT2D eigenvalue weighted by atomic mass is 10.1. The monoisotopic (exact) mass is 286 g/mol. The van der Waals surface area contributed by atoms with Crippen LogP contribution in [0.5, 0.6) is 11.5 Å². The summed E-state index contributed by atoms with van der Waals surface area (Å²) >= 11 is 0. The summed E-state index contributed by atoms with van der Waals surface area (Å²) in [6, 6.07) is 14.7. The van der Waals surface area contributed by atoms with Crippen LogP contribution in [-0.2, 0) is 11.2 Å². The van der Waals surface area contributed by atoms with Crippen LogP contribution in [0.2, 0.25) is 0 Å². The molecule has 0 fully saturated rings. The number of carboxylic acid groups (broad SMARTS) is 1. The smallest absolute Gasteiger partial charge is 0.345 e. The Morgan fingerprint density at radius 2 is 1.86 bits per heavy atom. The van der Waals surface area contributed by atoms with Gasteiger partial charge in [-0.25, -0.2) is 4.79 Å². The largest absolute Gasteiger partial charge is 0.497 e. The maximum atomic E-state index is 11.4. The number of aliphatic carboxylic acids is 1. The van der Waals surface area contributed by atoms with Crippen molar-refractivity contribution in [3.63, 3.8) is 0 Å². The lowest BCUT2D eigenvalue weighted by Crippen LogP contribution is -2.29. The Morgan fingerprint density at radius 1 is 1.14 bits per heavy atom. The highest BCUT2D eigenvalue weighted by Gasteiger charge is 2.20. The Balaban J connectivity index is 2.10. The Bertz CT molecular complexity index is 604. The first-order valence-corrected chi connectivity index (χ1v) is 6.67. The average molecular weight is 286 g/mol. The number of hydrogen-bond donors (Lipinski definition) is 1. The van der Waals surface area contributed by atoms with Gasteiger partial charge in [-0.05, 0) is 42.3 Å². The van der Waals surface area contributed by atoms with Gasteiger partial charge in [0, 0.05) is 6.42 Å². The molecule has 2 aromatic rings. The third-order valence-corrected chi connectivity index (χ3v) is 3.12. The Morgan fingerprint density at radius 3 is 2.43 bits per heavy atom. The van der Waals surface area contributed by atoms with Gasteiger partial charge in [-0.15, -0.1) is 0 Å². The highest BCUT2D eigenvalue weighted by molar-refractivity contribution is 5.73. The molecule has 2 aromatic carbocycles. The molecule has 1 unspecified atom stereocenters. The Kier molecular flexibility index (Phi) is 4.82. The normalized spacial score (nSPS) is 11.7. The first-order valence-electron chi connectivity index (χ1n) is 6.67. The summed E-state index contributed by atoms with van der Waals surface area (Å²) in [7, 11) is 1.59. The van der Waals surface area contributed by atoms with Crippen molar-refractivity contribution in [2.45, 2.75) is 19.4 Å². The molecule has 0 aromatic heterocycles. The molecule has 0 heterocycles. The van der Waals surface area contributed by atoms with Crippen molar-refractivity contribution in [1.29, 1.82) is 0 Å². The predicted octanol–water partition coefficient (Wildman–Crippen LogP) is 3.08. The zero-order chi connectivity index (χ0) is 15.2. The molecular weight excluding hydrogens is 268 g/mol. The second kappa shape index (κ2) is 6.79. The minimum Gasteiger partial charge on any atom is -0.497 e. The minimum absolute atomic E-state index is 0.299. The highest BCUT2D eigenvalue weighted by Crippen LogP contribution is 2.18. The zero-order valence-corrected chi connectivity index (χ0v) is 12.1. The number of aryl methyl sites for hydroxylation is 1. The Hall–Kier alpha value is -2.49.